The van der Waals surface area contributed by atoms with Gasteiger partial charge in [-0.3, -0.25) is 5.41 Å². The van der Waals surface area contributed by atoms with Crippen molar-refractivity contribution in [2.75, 3.05) is 12.0 Å². The van der Waals surface area contributed by atoms with Crippen molar-refractivity contribution in [3.05, 3.63) is 27.7 Å². The van der Waals surface area contributed by atoms with Crippen LogP contribution in [0.25, 0.3) is 0 Å². The monoisotopic (exact) mass is 520 g/mol. The van der Waals surface area contributed by atoms with E-state index >= 15 is 0 Å². The van der Waals surface area contributed by atoms with Crippen molar-refractivity contribution in [1.29, 1.82) is 5.41 Å². The summed E-state index contributed by atoms with van der Waals surface area (Å²) in [7, 11) is -3.74. The second-order valence-electron chi connectivity index (χ2n) is 4.72. The molecule has 0 amide bonds. The quantitative estimate of drug-likeness (QED) is 0.271. The molecule has 0 aliphatic heterocycles. The van der Waals surface area contributed by atoms with Crippen molar-refractivity contribution in [2.45, 2.75) is 20.2 Å². The molecular weight excluding hydrogens is 509 g/mol. The SMILES string of the molecule is CSc1sc(C(=N)N)cc1S(=O)(=O)c1cnc(N)c(Br)c1.O=C(O)C(F)(F)F. The molecule has 0 bridgehead atoms. The predicted octanol–water partition coefficient (Wildman–Crippen LogP) is 2.96. The zero-order valence-corrected chi connectivity index (χ0v) is 17.8. The summed E-state index contributed by atoms with van der Waals surface area (Å²) in [5.74, 6) is -2.70. The first-order chi connectivity index (χ1) is 12.7. The molecule has 0 saturated carbocycles. The molecule has 0 saturated heterocycles. The minimum absolute atomic E-state index is 0.0341. The number of nitrogens with two attached hydrogens (primary N) is 2. The summed E-state index contributed by atoms with van der Waals surface area (Å²) in [5, 5.41) is 14.6. The van der Waals surface area contributed by atoms with Crippen LogP contribution in [-0.2, 0) is 14.6 Å². The molecule has 2 aromatic rings. The molecule has 15 heteroatoms. The number of aliphatic carboxylic acids is 1. The number of pyridine rings is 1. The van der Waals surface area contributed by atoms with E-state index in [-0.39, 0.29) is 21.4 Å². The van der Waals surface area contributed by atoms with Crippen LogP contribution in [0.4, 0.5) is 19.0 Å². The lowest BCUT2D eigenvalue weighted by atomic mass is 10.4. The highest BCUT2D eigenvalue weighted by molar-refractivity contribution is 9.10. The number of halogens is 4. The van der Waals surface area contributed by atoms with Gasteiger partial charge >= 0.3 is 12.1 Å². The van der Waals surface area contributed by atoms with Crippen LogP contribution in [0.2, 0.25) is 0 Å². The van der Waals surface area contributed by atoms with Crippen LogP contribution in [-0.4, -0.2) is 42.7 Å². The summed E-state index contributed by atoms with van der Waals surface area (Å²) in [4.78, 5) is 13.3. The summed E-state index contributed by atoms with van der Waals surface area (Å²) >= 11 is 5.63. The molecule has 2 rings (SSSR count). The Morgan fingerprint density at radius 1 is 1.39 bits per heavy atom. The number of carbonyl (C=O) groups is 1. The number of anilines is 1. The number of thiophene rings is 1. The fourth-order valence-corrected chi connectivity index (χ4v) is 5.85. The third-order valence-electron chi connectivity index (χ3n) is 2.80. The number of carboxylic acids is 1. The molecule has 0 aliphatic carbocycles. The Kier molecular flexibility index (Phi) is 7.87. The number of hydrogen-bond donors (Lipinski definition) is 4. The molecule has 0 aliphatic rings. The maximum atomic E-state index is 12.7. The Bertz CT molecular complexity index is 1010. The highest BCUT2D eigenvalue weighted by Crippen LogP contribution is 2.37. The summed E-state index contributed by atoms with van der Waals surface area (Å²) < 4.78 is 58.1. The number of hydrogen-bond acceptors (Lipinski definition) is 8. The van der Waals surface area contributed by atoms with Crippen molar-refractivity contribution in [2.24, 2.45) is 5.73 Å². The largest absolute Gasteiger partial charge is 0.490 e. The van der Waals surface area contributed by atoms with Crippen LogP contribution in [0.15, 0.2) is 36.8 Å². The van der Waals surface area contributed by atoms with Gasteiger partial charge in [0.1, 0.15) is 11.7 Å². The van der Waals surface area contributed by atoms with Crippen LogP contribution in [0.5, 0.6) is 0 Å². The first kappa shape index (κ1) is 24.2. The molecule has 0 unspecified atom stereocenters. The second kappa shape index (κ2) is 9.11. The van der Waals surface area contributed by atoms with E-state index in [1.807, 2.05) is 0 Å². The number of alkyl halides is 3. The maximum absolute atomic E-state index is 12.7. The Hall–Kier alpha value is -1.84. The summed E-state index contributed by atoms with van der Waals surface area (Å²) in [6, 6.07) is 2.82. The molecule has 0 atom stereocenters. The molecule has 0 radical (unpaired) electrons. The lowest BCUT2D eigenvalue weighted by Crippen LogP contribution is -2.21. The first-order valence-corrected chi connectivity index (χ1v) is 11.0. The van der Waals surface area contributed by atoms with Gasteiger partial charge in [0.15, 0.2) is 0 Å². The van der Waals surface area contributed by atoms with Crippen molar-refractivity contribution in [3.63, 3.8) is 0 Å². The van der Waals surface area contributed by atoms with Gasteiger partial charge in [-0.05, 0) is 34.3 Å². The predicted molar refractivity (Wildman–Crippen MR) is 103 cm³/mol. The molecule has 0 aromatic carbocycles. The van der Waals surface area contributed by atoms with Gasteiger partial charge in [-0.2, -0.15) is 13.2 Å². The highest BCUT2D eigenvalue weighted by Gasteiger charge is 2.38. The standard InChI is InChI=1S/C11H11BrN4O2S3.C2HF3O2/c1-19-11-8(3-7(20-11)9(13)14)21(17,18)5-2-6(12)10(15)16-4-5;3-2(4,5)1(6)7/h2-4H,1H3,(H3,13,14)(H2,15,16);(H,6,7). The van der Waals surface area contributed by atoms with Gasteiger partial charge < -0.3 is 16.6 Å². The average Bonchev–Trinajstić information content (AvgIpc) is 3.02. The smallest absolute Gasteiger partial charge is 0.475 e. The topological polar surface area (TPSA) is 160 Å². The van der Waals surface area contributed by atoms with E-state index in [4.69, 9.17) is 26.8 Å². The Morgan fingerprint density at radius 3 is 2.32 bits per heavy atom. The molecule has 2 aromatic heterocycles. The van der Waals surface area contributed by atoms with Crippen LogP contribution < -0.4 is 11.5 Å². The van der Waals surface area contributed by atoms with Crippen molar-refractivity contribution < 1.29 is 31.5 Å². The number of sulfone groups is 1. The number of aromatic nitrogens is 1. The molecule has 6 N–H and O–H groups in total. The number of nitrogens with zero attached hydrogens (tertiary/aromatic N) is 1. The molecule has 2 heterocycles. The number of rotatable bonds is 4. The Balaban J connectivity index is 0.000000480. The summed E-state index contributed by atoms with van der Waals surface area (Å²) in [5.41, 5.74) is 11.0. The molecule has 154 valence electrons. The maximum Gasteiger partial charge on any atom is 0.490 e. The van der Waals surface area contributed by atoms with E-state index in [0.29, 0.717) is 13.6 Å². The van der Waals surface area contributed by atoms with Crippen LogP contribution in [0, 0.1) is 5.41 Å². The van der Waals surface area contributed by atoms with Crippen molar-refractivity contribution in [1.82, 2.24) is 4.98 Å². The Labute approximate surface area is 173 Å². The van der Waals surface area contributed by atoms with Gasteiger partial charge in [0.2, 0.25) is 9.84 Å². The van der Waals surface area contributed by atoms with E-state index in [0.717, 1.165) is 0 Å². The third kappa shape index (κ3) is 5.83. The lowest BCUT2D eigenvalue weighted by molar-refractivity contribution is -0.192. The Morgan fingerprint density at radius 2 is 1.93 bits per heavy atom. The van der Waals surface area contributed by atoms with Gasteiger partial charge in [-0.1, -0.05) is 0 Å². The van der Waals surface area contributed by atoms with Gasteiger partial charge in [0.25, 0.3) is 0 Å². The zero-order chi connectivity index (χ0) is 21.9. The van der Waals surface area contributed by atoms with Crippen molar-refractivity contribution in [3.8, 4) is 0 Å². The fourth-order valence-electron chi connectivity index (χ4n) is 1.52. The number of thioether (sulfide) groups is 1. The van der Waals surface area contributed by atoms with Gasteiger partial charge in [-0.15, -0.1) is 23.1 Å². The summed E-state index contributed by atoms with van der Waals surface area (Å²) in [6.45, 7) is 0. The normalized spacial score (nSPS) is 11.5. The van der Waals surface area contributed by atoms with Gasteiger partial charge in [-0.25, -0.2) is 18.2 Å². The number of amidine groups is 1. The fraction of sp³-hybridized carbons (Fsp3) is 0.154. The summed E-state index contributed by atoms with van der Waals surface area (Å²) in [6.07, 6.45) is -2.10. The molecule has 28 heavy (non-hydrogen) atoms. The van der Waals surface area contributed by atoms with Gasteiger partial charge in [0, 0.05) is 6.20 Å². The minimum Gasteiger partial charge on any atom is -0.475 e. The van der Waals surface area contributed by atoms with Crippen LogP contribution in [0.3, 0.4) is 0 Å². The van der Waals surface area contributed by atoms with Crippen molar-refractivity contribution >= 4 is 66.5 Å². The van der Waals surface area contributed by atoms with E-state index in [9.17, 15) is 21.6 Å². The van der Waals surface area contributed by atoms with Crippen LogP contribution >= 0.6 is 39.0 Å². The molecule has 8 nitrogen and oxygen atoms in total. The molecule has 0 fully saturated rings. The third-order valence-corrected chi connectivity index (χ3v) is 7.75. The minimum atomic E-state index is -5.08. The van der Waals surface area contributed by atoms with Gasteiger partial charge in [0.05, 0.1) is 23.4 Å². The van der Waals surface area contributed by atoms with E-state index < -0.39 is 22.0 Å². The van der Waals surface area contributed by atoms with Crippen LogP contribution in [0.1, 0.15) is 4.88 Å². The number of carboxylic acid groups (broad SMARTS) is 1. The first-order valence-electron chi connectivity index (χ1n) is 6.70. The highest BCUT2D eigenvalue weighted by atomic mass is 79.9. The van der Waals surface area contributed by atoms with E-state index in [1.165, 1.54) is 41.4 Å². The lowest BCUT2D eigenvalue weighted by Gasteiger charge is -2.05. The van der Waals surface area contributed by atoms with E-state index in [1.54, 1.807) is 6.26 Å². The molecular formula is C13H12BrF3N4O4S3. The number of nitrogen functional groups attached to an aromatic ring is 2. The average molecular weight is 521 g/mol. The second-order valence-corrected chi connectivity index (χ2v) is 9.62. The molecule has 0 spiro atoms. The zero-order valence-electron chi connectivity index (χ0n) is 13.7. The number of nitrogens with one attached hydrogen (secondary N) is 1. The van der Waals surface area contributed by atoms with E-state index in [2.05, 4.69) is 20.9 Å².